The van der Waals surface area contributed by atoms with E-state index in [1.807, 2.05) is 46.9 Å². The van der Waals surface area contributed by atoms with Gasteiger partial charge < -0.3 is 14.4 Å². The third-order valence-electron chi connectivity index (χ3n) is 4.41. The van der Waals surface area contributed by atoms with Crippen LogP contribution in [0.2, 0.25) is 0 Å². The van der Waals surface area contributed by atoms with Crippen molar-refractivity contribution in [2.45, 2.75) is 25.5 Å². The van der Waals surface area contributed by atoms with Gasteiger partial charge in [-0.1, -0.05) is 12.1 Å². The smallest absolute Gasteiger partial charge is 0.254 e. The summed E-state index contributed by atoms with van der Waals surface area (Å²) >= 11 is 1.91. The van der Waals surface area contributed by atoms with E-state index in [0.717, 1.165) is 30.8 Å². The molecule has 1 saturated heterocycles. The zero-order valence-electron chi connectivity index (χ0n) is 14.6. The number of methoxy groups -OCH3 is 1. The number of hydrogen-bond donors (Lipinski definition) is 0. The second-order valence-electron chi connectivity index (χ2n) is 6.30. The number of nitrogens with zero attached hydrogens (tertiary/aromatic N) is 1. The highest BCUT2D eigenvalue weighted by Gasteiger charge is 2.24. The first-order valence-corrected chi connectivity index (χ1v) is 9.63. The van der Waals surface area contributed by atoms with Gasteiger partial charge in [-0.25, -0.2) is 4.39 Å². The third-order valence-corrected chi connectivity index (χ3v) is 5.28. The standard InChI is InChI=1S/C20H21FINO3/c1-25-16-5-2-4-14(10-16)12-23(13-17-6-3-9-26-17)20(24)15-7-8-19(22)18(21)11-15/h2,4-5,7-8,10-11,17H,3,6,9,12-13H2,1H3. The lowest BCUT2D eigenvalue weighted by atomic mass is 10.1. The molecule has 0 N–H and O–H groups in total. The first-order valence-electron chi connectivity index (χ1n) is 8.55. The number of ether oxygens (including phenoxy) is 2. The van der Waals surface area contributed by atoms with Crippen LogP contribution in [0.4, 0.5) is 4.39 Å². The molecule has 2 aromatic rings. The maximum absolute atomic E-state index is 13.9. The minimum atomic E-state index is -0.380. The van der Waals surface area contributed by atoms with E-state index in [1.165, 1.54) is 6.07 Å². The van der Waals surface area contributed by atoms with Gasteiger partial charge in [-0.2, -0.15) is 0 Å². The molecule has 1 aliphatic rings. The lowest BCUT2D eigenvalue weighted by Gasteiger charge is -2.26. The molecule has 1 aliphatic heterocycles. The van der Waals surface area contributed by atoms with Gasteiger partial charge in [0.05, 0.1) is 13.2 Å². The lowest BCUT2D eigenvalue weighted by molar-refractivity contribution is 0.0507. The SMILES string of the molecule is COc1cccc(CN(CC2CCCO2)C(=O)c2ccc(I)c(F)c2)c1. The molecule has 4 nitrogen and oxygen atoms in total. The van der Waals surface area contributed by atoms with Crippen molar-refractivity contribution in [3.05, 3.63) is 63.0 Å². The van der Waals surface area contributed by atoms with Gasteiger partial charge >= 0.3 is 0 Å². The summed E-state index contributed by atoms with van der Waals surface area (Å²) in [5, 5.41) is 0. The van der Waals surface area contributed by atoms with E-state index in [4.69, 9.17) is 9.47 Å². The summed E-state index contributed by atoms with van der Waals surface area (Å²) in [4.78, 5) is 14.8. The van der Waals surface area contributed by atoms with Crippen LogP contribution >= 0.6 is 22.6 Å². The molecule has 0 bridgehead atoms. The zero-order chi connectivity index (χ0) is 18.5. The average Bonchev–Trinajstić information content (AvgIpc) is 3.16. The first kappa shape index (κ1) is 19.1. The highest BCUT2D eigenvalue weighted by atomic mass is 127. The molecule has 3 rings (SSSR count). The number of halogens is 2. The topological polar surface area (TPSA) is 38.8 Å². The molecule has 26 heavy (non-hydrogen) atoms. The molecule has 1 fully saturated rings. The second kappa shape index (κ2) is 8.81. The Morgan fingerprint density at radius 1 is 1.35 bits per heavy atom. The summed E-state index contributed by atoms with van der Waals surface area (Å²) in [5.41, 5.74) is 1.31. The Morgan fingerprint density at radius 3 is 2.88 bits per heavy atom. The molecule has 0 aromatic heterocycles. The Morgan fingerprint density at radius 2 is 2.19 bits per heavy atom. The van der Waals surface area contributed by atoms with Crippen LogP contribution < -0.4 is 4.74 Å². The summed E-state index contributed by atoms with van der Waals surface area (Å²) in [6, 6.07) is 12.2. The highest BCUT2D eigenvalue weighted by Crippen LogP contribution is 2.21. The fourth-order valence-corrected chi connectivity index (χ4v) is 3.39. The Balaban J connectivity index is 1.83. The van der Waals surface area contributed by atoms with E-state index in [0.29, 0.717) is 22.2 Å². The molecule has 0 saturated carbocycles. The van der Waals surface area contributed by atoms with Gasteiger partial charge in [-0.15, -0.1) is 0 Å². The largest absolute Gasteiger partial charge is 0.497 e. The van der Waals surface area contributed by atoms with Crippen LogP contribution in [0, 0.1) is 9.39 Å². The summed E-state index contributed by atoms with van der Waals surface area (Å²) in [6.07, 6.45) is 1.96. The normalized spacial score (nSPS) is 16.5. The van der Waals surface area contributed by atoms with E-state index >= 15 is 0 Å². The van der Waals surface area contributed by atoms with E-state index in [1.54, 1.807) is 24.1 Å². The molecule has 1 unspecified atom stereocenters. The van der Waals surface area contributed by atoms with E-state index in [-0.39, 0.29) is 17.8 Å². The Kier molecular flexibility index (Phi) is 6.48. The summed E-state index contributed by atoms with van der Waals surface area (Å²) in [7, 11) is 1.61. The number of carbonyl (C=O) groups excluding carboxylic acids is 1. The maximum atomic E-state index is 13.9. The second-order valence-corrected chi connectivity index (χ2v) is 7.46. The molecule has 2 aromatic carbocycles. The Bertz CT molecular complexity index is 777. The predicted octanol–water partition coefficient (Wildman–Crippen LogP) is 4.26. The Hall–Kier alpha value is -1.67. The van der Waals surface area contributed by atoms with Crippen LogP contribution in [0.15, 0.2) is 42.5 Å². The van der Waals surface area contributed by atoms with Gasteiger partial charge in [0, 0.05) is 28.8 Å². The molecule has 1 atom stereocenters. The van der Waals surface area contributed by atoms with Crippen molar-refractivity contribution >= 4 is 28.5 Å². The zero-order valence-corrected chi connectivity index (χ0v) is 16.7. The molecular weight excluding hydrogens is 448 g/mol. The fraction of sp³-hybridized carbons (Fsp3) is 0.350. The molecule has 0 spiro atoms. The highest BCUT2D eigenvalue weighted by molar-refractivity contribution is 14.1. The van der Waals surface area contributed by atoms with Gasteiger partial charge in [-0.05, 0) is 71.3 Å². The third kappa shape index (κ3) is 4.73. The quantitative estimate of drug-likeness (QED) is 0.594. The number of amides is 1. The molecule has 1 amide bonds. The minimum absolute atomic E-state index is 0.0262. The molecule has 0 aliphatic carbocycles. The van der Waals surface area contributed by atoms with Crippen molar-refractivity contribution in [1.29, 1.82) is 0 Å². The summed E-state index contributed by atoms with van der Waals surface area (Å²) < 4.78 is 25.4. The molecule has 138 valence electrons. The summed E-state index contributed by atoms with van der Waals surface area (Å²) in [5.74, 6) is 0.167. The predicted molar refractivity (Wildman–Crippen MR) is 106 cm³/mol. The van der Waals surface area contributed by atoms with Crippen molar-refractivity contribution in [3.8, 4) is 5.75 Å². The van der Waals surface area contributed by atoms with Crippen molar-refractivity contribution in [2.24, 2.45) is 0 Å². The van der Waals surface area contributed by atoms with Gasteiger partial charge in [0.25, 0.3) is 5.91 Å². The lowest BCUT2D eigenvalue weighted by Crippen LogP contribution is -2.37. The van der Waals surface area contributed by atoms with Crippen LogP contribution in [0.3, 0.4) is 0 Å². The molecule has 6 heteroatoms. The van der Waals surface area contributed by atoms with Crippen LogP contribution in [-0.2, 0) is 11.3 Å². The average molecular weight is 469 g/mol. The number of rotatable bonds is 6. The monoisotopic (exact) mass is 469 g/mol. The van der Waals surface area contributed by atoms with Crippen molar-refractivity contribution < 1.29 is 18.7 Å². The molecule has 1 heterocycles. The van der Waals surface area contributed by atoms with Crippen LogP contribution in [0.5, 0.6) is 5.75 Å². The van der Waals surface area contributed by atoms with Crippen molar-refractivity contribution in [3.63, 3.8) is 0 Å². The summed E-state index contributed by atoms with van der Waals surface area (Å²) in [6.45, 7) is 1.64. The van der Waals surface area contributed by atoms with Gasteiger partial charge in [0.1, 0.15) is 11.6 Å². The van der Waals surface area contributed by atoms with Crippen LogP contribution in [0.1, 0.15) is 28.8 Å². The van der Waals surface area contributed by atoms with Gasteiger partial charge in [0.2, 0.25) is 0 Å². The number of benzene rings is 2. The Labute approximate surface area is 166 Å². The van der Waals surface area contributed by atoms with Crippen LogP contribution in [-0.4, -0.2) is 37.2 Å². The van der Waals surface area contributed by atoms with Crippen molar-refractivity contribution in [1.82, 2.24) is 4.90 Å². The molecule has 0 radical (unpaired) electrons. The molecular formula is C20H21FINO3. The number of carbonyl (C=O) groups is 1. The maximum Gasteiger partial charge on any atom is 0.254 e. The van der Waals surface area contributed by atoms with E-state index in [2.05, 4.69) is 0 Å². The fourth-order valence-electron chi connectivity index (χ4n) is 3.06. The van der Waals surface area contributed by atoms with Gasteiger partial charge in [-0.3, -0.25) is 4.79 Å². The van der Waals surface area contributed by atoms with E-state index < -0.39 is 0 Å². The van der Waals surface area contributed by atoms with E-state index in [9.17, 15) is 9.18 Å². The minimum Gasteiger partial charge on any atom is -0.497 e. The van der Waals surface area contributed by atoms with Crippen molar-refractivity contribution in [2.75, 3.05) is 20.3 Å². The number of hydrogen-bond acceptors (Lipinski definition) is 3. The van der Waals surface area contributed by atoms with Crippen LogP contribution in [0.25, 0.3) is 0 Å². The van der Waals surface area contributed by atoms with Gasteiger partial charge in [0.15, 0.2) is 0 Å². The first-order chi connectivity index (χ1) is 12.6.